The van der Waals surface area contributed by atoms with Gasteiger partial charge in [-0.1, -0.05) is 66.1 Å². The van der Waals surface area contributed by atoms with E-state index in [0.29, 0.717) is 39.6 Å². The second-order valence-corrected chi connectivity index (χ2v) is 18.1. The fraction of sp³-hybridized carbons (Fsp3) is 0.310. The van der Waals surface area contributed by atoms with E-state index >= 15 is 8.78 Å². The third-order valence-corrected chi connectivity index (χ3v) is 12.7. The van der Waals surface area contributed by atoms with Gasteiger partial charge in [-0.05, 0) is 84.1 Å². The maximum Gasteiger partial charge on any atom is 0.335 e. The van der Waals surface area contributed by atoms with Crippen LogP contribution in [0.2, 0.25) is 5.02 Å². The van der Waals surface area contributed by atoms with Crippen molar-refractivity contribution in [3.63, 3.8) is 0 Å². The number of carbonyl (C=O) groups is 1. The zero-order valence-corrected chi connectivity index (χ0v) is 34.5. The first-order chi connectivity index (χ1) is 26.0. The molecule has 13 heteroatoms. The first-order valence-electron chi connectivity index (χ1n) is 17.7. The molecular weight excluding hydrogens is 765 g/mol. The first kappa shape index (κ1) is 42.1. The number of nitrogens with zero attached hydrogens (tertiary/aromatic N) is 4. The van der Waals surface area contributed by atoms with Crippen LogP contribution in [0.15, 0.2) is 95.1 Å². The van der Waals surface area contributed by atoms with E-state index in [1.165, 1.54) is 36.0 Å². The minimum atomic E-state index is -1.00. The van der Waals surface area contributed by atoms with Crippen molar-refractivity contribution in [2.24, 2.45) is 0 Å². The van der Waals surface area contributed by atoms with E-state index in [0.717, 1.165) is 34.3 Å². The van der Waals surface area contributed by atoms with E-state index in [1.807, 2.05) is 42.8 Å². The average molecular weight is 812 g/mol. The number of thioether (sulfide) groups is 1. The summed E-state index contributed by atoms with van der Waals surface area (Å²) in [7, 11) is 7.14. The van der Waals surface area contributed by atoms with Gasteiger partial charge in [0, 0.05) is 46.8 Å². The van der Waals surface area contributed by atoms with Gasteiger partial charge in [-0.3, -0.25) is 4.57 Å². The zero-order chi connectivity index (χ0) is 40.1. The van der Waals surface area contributed by atoms with Crippen LogP contribution in [0.1, 0.15) is 59.9 Å². The van der Waals surface area contributed by atoms with E-state index in [-0.39, 0.29) is 16.9 Å². The quantitative estimate of drug-likeness (QED) is 0.0608. The van der Waals surface area contributed by atoms with Crippen LogP contribution < -0.4 is 4.74 Å². The van der Waals surface area contributed by atoms with Crippen LogP contribution >= 0.6 is 34.0 Å². The molecule has 1 atom stereocenters. The number of ether oxygens (including phenoxy) is 1. The summed E-state index contributed by atoms with van der Waals surface area (Å²) in [5, 5.41) is 12.3. The minimum Gasteiger partial charge on any atom is -0.495 e. The van der Waals surface area contributed by atoms with Crippen molar-refractivity contribution in [2.45, 2.75) is 55.0 Å². The SMILES string of the molecule is C/C=S(\c1cc(F)c(CSc2ncc(C(C)(C)c3ccc(Cl)c(OC)c3)n2-c2ccc(F)cc2)c(F)c1)N(CCC[N+](C)(C)C)Cc1ccc(C(=O)O)cc1. The minimum absolute atomic E-state index is 0.0441. The lowest BCUT2D eigenvalue weighted by atomic mass is 9.81. The number of quaternary nitrogens is 1. The van der Waals surface area contributed by atoms with E-state index < -0.39 is 39.5 Å². The van der Waals surface area contributed by atoms with Crippen molar-refractivity contribution < 1.29 is 32.3 Å². The number of rotatable bonds is 16. The highest BCUT2D eigenvalue weighted by molar-refractivity contribution is 8.12. The molecule has 0 saturated heterocycles. The number of hydrogen-bond donors (Lipinski definition) is 1. The molecule has 1 unspecified atom stereocenters. The van der Waals surface area contributed by atoms with Crippen LogP contribution in [0.3, 0.4) is 0 Å². The number of methoxy groups -OCH3 is 1. The van der Waals surface area contributed by atoms with Crippen LogP contribution in [-0.2, 0) is 17.7 Å². The Morgan fingerprint density at radius 3 is 2.25 bits per heavy atom. The Kier molecular flexibility index (Phi) is 13.6. The predicted molar refractivity (Wildman–Crippen MR) is 218 cm³/mol. The number of benzene rings is 4. The number of halogens is 4. The molecular formula is C42H47ClF3N4O3S2+. The van der Waals surface area contributed by atoms with Gasteiger partial charge in [0.05, 0.1) is 57.3 Å². The summed E-state index contributed by atoms with van der Waals surface area (Å²) in [6.45, 7) is 7.97. The van der Waals surface area contributed by atoms with Crippen molar-refractivity contribution in [3.05, 3.63) is 135 Å². The molecule has 0 amide bonds. The number of hydrogen-bond acceptors (Lipinski definition) is 5. The summed E-state index contributed by atoms with van der Waals surface area (Å²) in [6.07, 6.45) is 2.58. The van der Waals surface area contributed by atoms with Crippen LogP contribution in [0, 0.1) is 17.5 Å². The number of aromatic nitrogens is 2. The van der Waals surface area contributed by atoms with Gasteiger partial charge in [-0.2, -0.15) is 0 Å². The third-order valence-electron chi connectivity index (χ3n) is 9.33. The van der Waals surface area contributed by atoms with Gasteiger partial charge in [0.25, 0.3) is 0 Å². The molecule has 0 saturated carbocycles. The maximum absolute atomic E-state index is 16.1. The lowest BCUT2D eigenvalue weighted by molar-refractivity contribution is -0.870. The Labute approximate surface area is 333 Å². The van der Waals surface area contributed by atoms with Crippen LogP contribution in [0.25, 0.3) is 5.69 Å². The molecule has 0 fully saturated rings. The molecule has 1 N–H and O–H groups in total. The van der Waals surface area contributed by atoms with Gasteiger partial charge >= 0.3 is 5.97 Å². The molecule has 7 nitrogen and oxygen atoms in total. The Morgan fingerprint density at radius 1 is 1.02 bits per heavy atom. The maximum atomic E-state index is 16.1. The largest absolute Gasteiger partial charge is 0.495 e. The molecule has 0 aliphatic heterocycles. The molecule has 5 aromatic rings. The van der Waals surface area contributed by atoms with Gasteiger partial charge in [0.15, 0.2) is 5.16 Å². The summed E-state index contributed by atoms with van der Waals surface area (Å²) in [5.41, 5.74) is 2.69. The molecule has 0 aliphatic carbocycles. The second-order valence-electron chi connectivity index (χ2n) is 14.6. The summed E-state index contributed by atoms with van der Waals surface area (Å²) < 4.78 is 56.6. The molecule has 292 valence electrons. The monoisotopic (exact) mass is 811 g/mol. The first-order valence-corrected chi connectivity index (χ1v) is 20.3. The summed E-state index contributed by atoms with van der Waals surface area (Å²) in [5.74, 6) is -2.23. The van der Waals surface area contributed by atoms with Crippen molar-refractivity contribution in [1.29, 1.82) is 0 Å². The van der Waals surface area contributed by atoms with Gasteiger partial charge < -0.3 is 14.3 Å². The lowest BCUT2D eigenvalue weighted by Crippen LogP contribution is -2.36. The number of aromatic carboxylic acids is 1. The molecule has 1 heterocycles. The molecule has 5 rings (SSSR count). The molecule has 1 aromatic heterocycles. The Hall–Kier alpha value is -4.07. The highest BCUT2D eigenvalue weighted by atomic mass is 35.5. The lowest BCUT2D eigenvalue weighted by Gasteiger charge is -2.29. The summed E-state index contributed by atoms with van der Waals surface area (Å²) >= 11 is 7.52. The van der Waals surface area contributed by atoms with Crippen molar-refractivity contribution in [3.8, 4) is 11.4 Å². The standard InChI is InChI=1S/C42H46ClF3N4O3S2/c1-8-55(48(20-9-21-50(4,5)6)26-28-10-12-29(13-11-28)40(51)52)33-23-36(45)34(37(46)24-33)27-54-41-47-25-39(49(41)32-17-15-31(44)16-18-32)42(2,3)30-14-19-35(43)38(22-30)53-7/h8,10-19,22-25H,9,20-21,26-27H2,1-7H3/p+1. The summed E-state index contributed by atoms with van der Waals surface area (Å²) in [6, 6.07) is 21.1. The van der Waals surface area contributed by atoms with Crippen molar-refractivity contribution in [2.75, 3.05) is 41.3 Å². The second kappa shape index (κ2) is 17.8. The van der Waals surface area contributed by atoms with Crippen LogP contribution in [0.4, 0.5) is 13.2 Å². The Balaban J connectivity index is 1.45. The molecule has 0 spiro atoms. The third kappa shape index (κ3) is 10.2. The highest BCUT2D eigenvalue weighted by Crippen LogP contribution is 2.40. The van der Waals surface area contributed by atoms with Crippen LogP contribution in [-0.4, -0.2) is 76.1 Å². The Bertz CT molecular complexity index is 2150. The molecule has 0 aliphatic rings. The van der Waals surface area contributed by atoms with Gasteiger partial charge in [0.1, 0.15) is 23.2 Å². The van der Waals surface area contributed by atoms with Crippen LogP contribution in [0.5, 0.6) is 5.75 Å². The topological polar surface area (TPSA) is 67.6 Å². The van der Waals surface area contributed by atoms with Gasteiger partial charge in [-0.25, -0.2) is 27.3 Å². The smallest absolute Gasteiger partial charge is 0.335 e. The fourth-order valence-corrected chi connectivity index (χ4v) is 9.38. The fourth-order valence-electron chi connectivity index (χ4n) is 6.25. The number of imidazole rings is 1. The highest BCUT2D eigenvalue weighted by Gasteiger charge is 2.31. The van der Waals surface area contributed by atoms with E-state index in [4.69, 9.17) is 21.3 Å². The molecule has 0 radical (unpaired) electrons. The van der Waals surface area contributed by atoms with E-state index in [2.05, 4.69) is 25.4 Å². The molecule has 55 heavy (non-hydrogen) atoms. The van der Waals surface area contributed by atoms with Gasteiger partial charge in [0.2, 0.25) is 0 Å². The van der Waals surface area contributed by atoms with Crippen molar-refractivity contribution >= 4 is 45.4 Å². The number of carboxylic acids is 1. The summed E-state index contributed by atoms with van der Waals surface area (Å²) in [4.78, 5) is 16.6. The van der Waals surface area contributed by atoms with E-state index in [1.54, 1.807) is 55.8 Å². The predicted octanol–water partition coefficient (Wildman–Crippen LogP) is 10.2. The van der Waals surface area contributed by atoms with E-state index in [9.17, 15) is 14.3 Å². The zero-order valence-electron chi connectivity index (χ0n) is 32.1. The number of carboxylic acid groups (broad SMARTS) is 1. The molecule has 0 bridgehead atoms. The van der Waals surface area contributed by atoms with Crippen molar-refractivity contribution in [1.82, 2.24) is 13.9 Å². The van der Waals surface area contributed by atoms with Gasteiger partial charge in [-0.15, -0.1) is 0 Å². The normalized spacial score (nSPS) is 12.7. The average Bonchev–Trinajstić information content (AvgIpc) is 3.56. The Morgan fingerprint density at radius 2 is 1.67 bits per heavy atom. The molecule has 4 aromatic carbocycles.